The Morgan fingerprint density at radius 3 is 2.64 bits per heavy atom. The summed E-state index contributed by atoms with van der Waals surface area (Å²) in [5, 5.41) is 0. The minimum absolute atomic E-state index is 0.111. The zero-order valence-corrected chi connectivity index (χ0v) is 9.62. The second-order valence-electron chi connectivity index (χ2n) is 4.28. The van der Waals surface area contributed by atoms with Crippen LogP contribution in [-0.4, -0.2) is 44.0 Å². The lowest BCUT2D eigenvalue weighted by molar-refractivity contribution is -0.122. The van der Waals surface area contributed by atoms with Crippen LogP contribution in [0.4, 0.5) is 0 Å². The third kappa shape index (κ3) is 2.15. The molecule has 0 bridgehead atoms. The number of likely N-dealkylation sites (N-methyl/N-ethyl adjacent to an activating group) is 1. The lowest BCUT2D eigenvalue weighted by Crippen LogP contribution is -2.35. The predicted molar refractivity (Wildman–Crippen MR) is 56.2 cm³/mol. The van der Waals surface area contributed by atoms with Crippen molar-refractivity contribution in [3.8, 4) is 0 Å². The molecule has 3 heteroatoms. The highest BCUT2D eigenvalue weighted by molar-refractivity contribution is 5.82. The Bertz CT molecular complexity index is 205. The van der Waals surface area contributed by atoms with Gasteiger partial charge in [0.1, 0.15) is 5.78 Å². The number of nitrogens with zero attached hydrogens (tertiary/aromatic N) is 1. The fourth-order valence-corrected chi connectivity index (χ4v) is 2.76. The van der Waals surface area contributed by atoms with E-state index in [0.717, 1.165) is 19.6 Å². The molecule has 1 aliphatic rings. The molecule has 1 fully saturated rings. The molecule has 0 aromatic rings. The fraction of sp³-hybridized carbons (Fsp3) is 0.909. The molecular weight excluding hydrogens is 178 g/mol. The van der Waals surface area contributed by atoms with Gasteiger partial charge in [-0.3, -0.25) is 9.69 Å². The summed E-state index contributed by atoms with van der Waals surface area (Å²) in [4.78, 5) is 13.7. The summed E-state index contributed by atoms with van der Waals surface area (Å²) in [5.74, 6) is 1.28. The van der Waals surface area contributed by atoms with Gasteiger partial charge in [-0.25, -0.2) is 0 Å². The van der Waals surface area contributed by atoms with Gasteiger partial charge in [-0.2, -0.15) is 0 Å². The van der Waals surface area contributed by atoms with Crippen LogP contribution in [0.5, 0.6) is 0 Å². The van der Waals surface area contributed by atoms with E-state index < -0.39 is 0 Å². The molecule has 3 atom stereocenters. The van der Waals surface area contributed by atoms with E-state index in [1.54, 1.807) is 14.0 Å². The van der Waals surface area contributed by atoms with E-state index in [9.17, 15) is 4.79 Å². The molecule has 0 aromatic carbocycles. The highest BCUT2D eigenvalue weighted by Gasteiger charge is 2.40. The second-order valence-corrected chi connectivity index (χ2v) is 4.28. The molecule has 3 nitrogen and oxygen atoms in total. The van der Waals surface area contributed by atoms with Crippen LogP contribution >= 0.6 is 0 Å². The van der Waals surface area contributed by atoms with Gasteiger partial charge in [-0.1, -0.05) is 13.3 Å². The lowest BCUT2D eigenvalue weighted by Gasteiger charge is -2.22. The first-order valence-corrected chi connectivity index (χ1v) is 5.31. The van der Waals surface area contributed by atoms with E-state index in [1.807, 2.05) is 7.05 Å². The van der Waals surface area contributed by atoms with Crippen molar-refractivity contribution in [3.63, 3.8) is 0 Å². The molecule has 0 amide bonds. The Kier molecular flexibility index (Phi) is 4.08. The molecule has 0 radical (unpaired) electrons. The summed E-state index contributed by atoms with van der Waals surface area (Å²) >= 11 is 0. The molecule has 0 aromatic heterocycles. The molecule has 14 heavy (non-hydrogen) atoms. The van der Waals surface area contributed by atoms with Crippen molar-refractivity contribution >= 4 is 5.78 Å². The normalized spacial score (nSPS) is 33.6. The van der Waals surface area contributed by atoms with Crippen LogP contribution in [-0.2, 0) is 9.53 Å². The topological polar surface area (TPSA) is 29.5 Å². The van der Waals surface area contributed by atoms with Crippen molar-refractivity contribution < 1.29 is 9.53 Å². The Morgan fingerprint density at radius 2 is 2.21 bits per heavy atom. The van der Waals surface area contributed by atoms with Gasteiger partial charge in [0, 0.05) is 13.7 Å². The quantitative estimate of drug-likeness (QED) is 0.681. The van der Waals surface area contributed by atoms with E-state index >= 15 is 0 Å². The van der Waals surface area contributed by atoms with Gasteiger partial charge >= 0.3 is 0 Å². The Morgan fingerprint density at radius 1 is 1.57 bits per heavy atom. The van der Waals surface area contributed by atoms with Crippen molar-refractivity contribution in [2.45, 2.75) is 26.3 Å². The van der Waals surface area contributed by atoms with Gasteiger partial charge in [0.2, 0.25) is 0 Å². The van der Waals surface area contributed by atoms with E-state index in [0.29, 0.717) is 11.8 Å². The minimum atomic E-state index is 0.111. The number of rotatable bonds is 4. The average molecular weight is 199 g/mol. The number of carbonyl (C=O) groups excluding carboxylic acids is 1. The van der Waals surface area contributed by atoms with Gasteiger partial charge in [0.15, 0.2) is 0 Å². The molecule has 1 aliphatic heterocycles. The molecule has 0 N–H and O–H groups in total. The molecule has 0 saturated carbocycles. The maximum Gasteiger partial charge on any atom is 0.147 e. The van der Waals surface area contributed by atoms with Crippen LogP contribution in [0.15, 0.2) is 0 Å². The Hall–Kier alpha value is -0.410. The van der Waals surface area contributed by atoms with Gasteiger partial charge in [-0.05, 0) is 25.8 Å². The smallest absolute Gasteiger partial charge is 0.147 e. The largest absolute Gasteiger partial charge is 0.384 e. The summed E-state index contributed by atoms with van der Waals surface area (Å²) in [7, 11) is 3.76. The van der Waals surface area contributed by atoms with Crippen LogP contribution in [0.3, 0.4) is 0 Å². The summed E-state index contributed by atoms with van der Waals surface area (Å²) in [6, 6.07) is 0.111. The number of ketones is 1. The predicted octanol–water partition coefficient (Wildman–Crippen LogP) is 1.18. The van der Waals surface area contributed by atoms with Gasteiger partial charge in [-0.15, -0.1) is 0 Å². The second kappa shape index (κ2) is 4.89. The van der Waals surface area contributed by atoms with Crippen molar-refractivity contribution in [1.29, 1.82) is 0 Å². The van der Waals surface area contributed by atoms with Crippen molar-refractivity contribution in [1.82, 2.24) is 4.90 Å². The zero-order chi connectivity index (χ0) is 10.7. The van der Waals surface area contributed by atoms with Crippen molar-refractivity contribution in [2.75, 3.05) is 27.3 Å². The molecule has 0 spiro atoms. The van der Waals surface area contributed by atoms with Crippen LogP contribution in [0.25, 0.3) is 0 Å². The first-order chi connectivity index (χ1) is 6.61. The molecular formula is C11H21NO2. The Labute approximate surface area is 86.4 Å². The third-order valence-corrected chi connectivity index (χ3v) is 3.28. The molecule has 1 rings (SSSR count). The van der Waals surface area contributed by atoms with Crippen molar-refractivity contribution in [3.05, 3.63) is 0 Å². The highest BCUT2D eigenvalue weighted by Crippen LogP contribution is 2.31. The van der Waals surface area contributed by atoms with Crippen LogP contribution in [0, 0.1) is 11.8 Å². The lowest BCUT2D eigenvalue weighted by atomic mass is 9.87. The van der Waals surface area contributed by atoms with Crippen molar-refractivity contribution in [2.24, 2.45) is 11.8 Å². The number of Topliss-reactive ketones (excluding diaryl/α,β-unsaturated/α-hetero) is 1. The standard InChI is InChI=1S/C11H21NO2/c1-5-10-9(7-14-4)6-12(3)11(10)8(2)13/h9-11H,5-7H2,1-4H3. The number of hydrogen-bond donors (Lipinski definition) is 0. The molecule has 3 unspecified atom stereocenters. The molecule has 0 aliphatic carbocycles. The van der Waals surface area contributed by atoms with Gasteiger partial charge in [0.25, 0.3) is 0 Å². The highest BCUT2D eigenvalue weighted by atomic mass is 16.5. The maximum atomic E-state index is 11.5. The first kappa shape index (κ1) is 11.7. The van der Waals surface area contributed by atoms with Crippen LogP contribution in [0.2, 0.25) is 0 Å². The summed E-state index contributed by atoms with van der Waals surface area (Å²) in [5.41, 5.74) is 0. The van der Waals surface area contributed by atoms with E-state index in [-0.39, 0.29) is 11.8 Å². The Balaban J connectivity index is 2.71. The van der Waals surface area contributed by atoms with Crippen LogP contribution in [0.1, 0.15) is 20.3 Å². The van der Waals surface area contributed by atoms with Gasteiger partial charge in [0.05, 0.1) is 12.6 Å². The minimum Gasteiger partial charge on any atom is -0.384 e. The molecule has 1 saturated heterocycles. The third-order valence-electron chi connectivity index (χ3n) is 3.28. The SMILES string of the molecule is CCC1C(COC)CN(C)C1C(C)=O. The number of carbonyl (C=O) groups is 1. The van der Waals surface area contributed by atoms with Gasteiger partial charge < -0.3 is 4.74 Å². The average Bonchev–Trinajstić information content (AvgIpc) is 2.42. The monoisotopic (exact) mass is 199 g/mol. The number of likely N-dealkylation sites (tertiary alicyclic amines) is 1. The summed E-state index contributed by atoms with van der Waals surface area (Å²) in [6.07, 6.45) is 1.06. The molecule has 82 valence electrons. The van der Waals surface area contributed by atoms with E-state index in [2.05, 4.69) is 11.8 Å². The fourth-order valence-electron chi connectivity index (χ4n) is 2.76. The molecule has 1 heterocycles. The number of hydrogen-bond acceptors (Lipinski definition) is 3. The number of ether oxygens (including phenoxy) is 1. The zero-order valence-electron chi connectivity index (χ0n) is 9.62. The summed E-state index contributed by atoms with van der Waals surface area (Å²) in [6.45, 7) is 5.60. The van der Waals surface area contributed by atoms with E-state index in [4.69, 9.17) is 4.74 Å². The van der Waals surface area contributed by atoms with Crippen LogP contribution < -0.4 is 0 Å². The maximum absolute atomic E-state index is 11.5. The first-order valence-electron chi connectivity index (χ1n) is 5.31. The number of methoxy groups -OCH3 is 1. The summed E-state index contributed by atoms with van der Waals surface area (Å²) < 4.78 is 5.20. The van der Waals surface area contributed by atoms with E-state index in [1.165, 1.54) is 0 Å².